The van der Waals surface area contributed by atoms with Gasteiger partial charge in [0, 0.05) is 0 Å². The lowest BCUT2D eigenvalue weighted by Gasteiger charge is -2.25. The quantitative estimate of drug-likeness (QED) is 0.169. The highest BCUT2D eigenvalue weighted by Crippen LogP contribution is 2.50. The average molecular weight is 605 g/mol. The van der Waals surface area contributed by atoms with Crippen LogP contribution in [-0.4, -0.2) is 12.0 Å². The summed E-state index contributed by atoms with van der Waals surface area (Å²) in [6, 6.07) is 18.8. The number of para-hydroxylation sites is 2. The molecule has 1 N–H and O–H groups in total. The lowest BCUT2D eigenvalue weighted by atomic mass is 10.2. The number of rotatable bonds is 9. The van der Waals surface area contributed by atoms with E-state index in [4.69, 9.17) is 13.8 Å². The molecule has 0 heterocycles. The van der Waals surface area contributed by atoms with Gasteiger partial charge in [-0.25, -0.2) is 4.57 Å². The number of halogens is 4. The molecule has 0 aliphatic rings. The molecule has 0 amide bonds. The average Bonchev–Trinajstić information content (AvgIpc) is 2.79. The van der Waals surface area contributed by atoms with Gasteiger partial charge in [0.2, 0.25) is 0 Å². The second kappa shape index (κ2) is 11.2. The van der Waals surface area contributed by atoms with Crippen LogP contribution < -0.4 is 14.1 Å². The molecule has 6 nitrogen and oxygen atoms in total. The Morgan fingerprint density at radius 2 is 1.59 bits per heavy atom. The van der Waals surface area contributed by atoms with Gasteiger partial charge in [0.15, 0.2) is 5.75 Å². The van der Waals surface area contributed by atoms with Gasteiger partial charge in [0.05, 0.1) is 9.13 Å². The van der Waals surface area contributed by atoms with E-state index in [1.54, 1.807) is 65.1 Å². The largest absolute Gasteiger partial charge is 0.513 e. The molecule has 11 heteroatoms. The van der Waals surface area contributed by atoms with E-state index in [2.05, 4.69) is 5.09 Å². The number of benzene rings is 3. The molecule has 0 fully saturated rings. The molecular weight excluding hydrogens is 585 g/mol. The number of hydrogen-bond acceptors (Lipinski definition) is 5. The van der Waals surface area contributed by atoms with Crippen molar-refractivity contribution >= 4 is 36.3 Å². The van der Waals surface area contributed by atoms with Crippen LogP contribution in [-0.2, 0) is 26.9 Å². The van der Waals surface area contributed by atoms with Gasteiger partial charge in [-0.05, 0) is 59.3 Å². The second-order valence-corrected chi connectivity index (χ2v) is 9.83. The van der Waals surface area contributed by atoms with E-state index >= 15 is 0 Å². The Labute approximate surface area is 208 Å². The van der Waals surface area contributed by atoms with E-state index < -0.39 is 37.2 Å². The molecule has 0 bridgehead atoms. The van der Waals surface area contributed by atoms with E-state index in [0.717, 1.165) is 11.6 Å². The zero-order chi connectivity index (χ0) is 24.8. The van der Waals surface area contributed by atoms with E-state index in [1.165, 1.54) is 31.2 Å². The topological polar surface area (TPSA) is 73.9 Å². The number of hydrogen-bond donors (Lipinski definition) is 1. The fourth-order valence-corrected chi connectivity index (χ4v) is 5.12. The molecule has 3 rings (SSSR count). The van der Waals surface area contributed by atoms with Crippen LogP contribution in [0.3, 0.4) is 0 Å². The van der Waals surface area contributed by atoms with E-state index in [0.29, 0.717) is 0 Å². The zero-order valence-electron chi connectivity index (χ0n) is 17.8. The number of alkyl halides is 3. The molecule has 34 heavy (non-hydrogen) atoms. The Morgan fingerprint density at radius 3 is 2.21 bits per heavy atom. The first-order valence-corrected chi connectivity index (χ1v) is 12.6. The summed E-state index contributed by atoms with van der Waals surface area (Å²) in [7, 11) is -4.55. The van der Waals surface area contributed by atoms with Crippen molar-refractivity contribution in [1.29, 1.82) is 0 Å². The summed E-state index contributed by atoms with van der Waals surface area (Å²) in [6.07, 6.45) is -4.77. The number of nitrogens with one attached hydrogen (secondary N) is 1. The molecule has 0 saturated carbocycles. The highest BCUT2D eigenvalue weighted by molar-refractivity contribution is 14.1. The number of carbonyl (C=O) groups excluding carboxylic acids is 1. The second-order valence-electron chi connectivity index (χ2n) is 7.05. The van der Waals surface area contributed by atoms with Crippen molar-refractivity contribution in [2.45, 2.75) is 25.7 Å². The Hall–Kier alpha value is -2.56. The van der Waals surface area contributed by atoms with Gasteiger partial charge in [-0.2, -0.15) is 18.3 Å². The van der Waals surface area contributed by atoms with Crippen LogP contribution in [0.15, 0.2) is 78.9 Å². The van der Waals surface area contributed by atoms with Crippen LogP contribution in [0.25, 0.3) is 0 Å². The van der Waals surface area contributed by atoms with Crippen molar-refractivity contribution in [1.82, 2.24) is 5.09 Å². The van der Waals surface area contributed by atoms with Crippen LogP contribution in [0.1, 0.15) is 18.1 Å². The summed E-state index contributed by atoms with van der Waals surface area (Å²) >= 11 is 1.64. The maximum absolute atomic E-state index is 13.6. The summed E-state index contributed by atoms with van der Waals surface area (Å²) in [4.78, 5) is 12.5. The molecule has 3 aromatic carbocycles. The van der Waals surface area contributed by atoms with Gasteiger partial charge in [-0.15, -0.1) is 0 Å². The Kier molecular flexibility index (Phi) is 8.62. The molecular formula is C23H20F3INO5P. The lowest BCUT2D eigenvalue weighted by Crippen LogP contribution is -2.36. The summed E-state index contributed by atoms with van der Waals surface area (Å²) in [6.45, 7) is 1.31. The summed E-state index contributed by atoms with van der Waals surface area (Å²) in [5.41, 5.74) is -0.394. The van der Waals surface area contributed by atoms with Crippen LogP contribution in [0.4, 0.5) is 13.2 Å². The molecule has 0 radical (unpaired) electrons. The highest BCUT2D eigenvalue weighted by atomic mass is 127. The Bertz CT molecular complexity index is 1160. The molecule has 0 aliphatic heterocycles. The van der Waals surface area contributed by atoms with Crippen molar-refractivity contribution in [3.8, 4) is 11.5 Å². The molecule has 2 atom stereocenters. The highest BCUT2D eigenvalue weighted by Gasteiger charge is 2.40. The third-order valence-electron chi connectivity index (χ3n) is 4.38. The van der Waals surface area contributed by atoms with Gasteiger partial charge in [-0.1, -0.05) is 54.6 Å². The van der Waals surface area contributed by atoms with Crippen molar-refractivity contribution in [2.75, 3.05) is 0 Å². The monoisotopic (exact) mass is 605 g/mol. The maximum Gasteiger partial charge on any atom is 0.513 e. The van der Waals surface area contributed by atoms with E-state index in [1.807, 2.05) is 6.07 Å². The van der Waals surface area contributed by atoms with Gasteiger partial charge in [0.1, 0.15) is 18.4 Å². The van der Waals surface area contributed by atoms with E-state index in [-0.39, 0.29) is 15.9 Å². The van der Waals surface area contributed by atoms with Crippen LogP contribution >= 0.6 is 30.3 Å². The maximum atomic E-state index is 13.6. The fraction of sp³-hybridized carbons (Fsp3) is 0.174. The molecule has 0 aromatic heterocycles. The predicted octanol–water partition coefficient (Wildman–Crippen LogP) is 6.60. The SMILES string of the molecule is C[C@H](NP(=O)(Oc1ccccc1)Oc1c(I)cccc1C(F)(F)F)C(=O)OCc1ccccc1. The van der Waals surface area contributed by atoms with Gasteiger partial charge >= 0.3 is 19.9 Å². The summed E-state index contributed by atoms with van der Waals surface area (Å²) in [5, 5.41) is 2.40. The Balaban J connectivity index is 1.85. The van der Waals surface area contributed by atoms with Crippen molar-refractivity contribution in [3.63, 3.8) is 0 Å². The standard InChI is InChI=1S/C23H20F3INO5P/c1-16(22(29)31-15-17-9-4-2-5-10-17)28-34(30,32-18-11-6-3-7-12-18)33-21-19(23(24,25)26)13-8-14-20(21)27/h2-14,16H,15H2,1H3,(H,28,30)/t16-,34?/m0/s1. The molecule has 0 aliphatic carbocycles. The van der Waals surface area contributed by atoms with Crippen LogP contribution in [0, 0.1) is 3.57 Å². The molecule has 180 valence electrons. The molecule has 0 saturated heterocycles. The minimum Gasteiger partial charge on any atom is -0.460 e. The first-order chi connectivity index (χ1) is 16.1. The lowest BCUT2D eigenvalue weighted by molar-refractivity contribution is -0.146. The van der Waals surface area contributed by atoms with Crippen LogP contribution in [0.5, 0.6) is 11.5 Å². The smallest absolute Gasteiger partial charge is 0.460 e. The third-order valence-corrected chi connectivity index (χ3v) is 6.81. The molecule has 3 aromatic rings. The number of carbonyl (C=O) groups is 1. The minimum absolute atomic E-state index is 0.0365. The first-order valence-electron chi connectivity index (χ1n) is 9.96. The van der Waals surface area contributed by atoms with Crippen molar-refractivity contribution in [2.24, 2.45) is 0 Å². The summed E-state index contributed by atoms with van der Waals surface area (Å²) < 4.78 is 70.5. The third kappa shape index (κ3) is 7.22. The Morgan fingerprint density at radius 1 is 0.971 bits per heavy atom. The molecule has 1 unspecified atom stereocenters. The fourth-order valence-electron chi connectivity index (χ4n) is 2.78. The predicted molar refractivity (Wildman–Crippen MR) is 128 cm³/mol. The number of esters is 1. The van der Waals surface area contributed by atoms with Crippen LogP contribution in [0.2, 0.25) is 0 Å². The van der Waals surface area contributed by atoms with Gasteiger partial charge in [0.25, 0.3) is 0 Å². The van der Waals surface area contributed by atoms with Gasteiger partial charge in [-0.3, -0.25) is 4.79 Å². The zero-order valence-corrected chi connectivity index (χ0v) is 20.8. The minimum atomic E-state index is -4.77. The number of ether oxygens (including phenoxy) is 1. The first kappa shape index (κ1) is 26.1. The summed E-state index contributed by atoms with van der Waals surface area (Å²) in [5.74, 6) is -1.39. The normalized spacial score (nSPS) is 14.0. The van der Waals surface area contributed by atoms with E-state index in [9.17, 15) is 22.5 Å². The van der Waals surface area contributed by atoms with Gasteiger partial charge < -0.3 is 13.8 Å². The molecule has 0 spiro atoms. The van der Waals surface area contributed by atoms with Crippen molar-refractivity contribution in [3.05, 3.63) is 93.6 Å². The van der Waals surface area contributed by atoms with Crippen molar-refractivity contribution < 1.29 is 36.3 Å².